The first-order valence-electron chi connectivity index (χ1n) is 6.60. The van der Waals surface area contributed by atoms with Crippen molar-refractivity contribution in [2.45, 2.75) is 6.92 Å². The molecule has 21 heavy (non-hydrogen) atoms. The standard InChI is InChI=1S/C16H14INO3/c1-10-8-12(17)3-4-13(10)18-16(19)11-2-5-14-15(9-11)21-7-6-20-14/h2-5,8-9H,6-7H2,1H3,(H,18,19). The summed E-state index contributed by atoms with van der Waals surface area (Å²) in [4.78, 5) is 12.3. The van der Waals surface area contributed by atoms with Crippen LogP contribution in [0.5, 0.6) is 11.5 Å². The molecule has 0 saturated heterocycles. The van der Waals surface area contributed by atoms with E-state index in [9.17, 15) is 4.79 Å². The van der Waals surface area contributed by atoms with Crippen LogP contribution in [0.1, 0.15) is 15.9 Å². The summed E-state index contributed by atoms with van der Waals surface area (Å²) in [7, 11) is 0. The smallest absolute Gasteiger partial charge is 0.255 e. The Kier molecular flexibility index (Phi) is 4.01. The van der Waals surface area contributed by atoms with Gasteiger partial charge in [0.15, 0.2) is 11.5 Å². The van der Waals surface area contributed by atoms with E-state index in [1.54, 1.807) is 18.2 Å². The second kappa shape index (κ2) is 5.93. The van der Waals surface area contributed by atoms with Gasteiger partial charge in [0.1, 0.15) is 13.2 Å². The molecule has 2 aromatic carbocycles. The van der Waals surface area contributed by atoms with Crippen LogP contribution in [0.3, 0.4) is 0 Å². The highest BCUT2D eigenvalue weighted by atomic mass is 127. The Morgan fingerprint density at radius 1 is 1.10 bits per heavy atom. The van der Waals surface area contributed by atoms with Gasteiger partial charge in [0.25, 0.3) is 5.91 Å². The van der Waals surface area contributed by atoms with E-state index in [2.05, 4.69) is 27.9 Å². The molecule has 0 bridgehead atoms. The molecule has 0 aromatic heterocycles. The quantitative estimate of drug-likeness (QED) is 0.791. The summed E-state index contributed by atoms with van der Waals surface area (Å²) < 4.78 is 12.1. The van der Waals surface area contributed by atoms with Gasteiger partial charge in [-0.3, -0.25) is 4.79 Å². The fourth-order valence-electron chi connectivity index (χ4n) is 2.15. The Balaban J connectivity index is 1.82. The van der Waals surface area contributed by atoms with E-state index in [1.807, 2.05) is 25.1 Å². The van der Waals surface area contributed by atoms with Gasteiger partial charge in [-0.05, 0) is 71.5 Å². The predicted octanol–water partition coefficient (Wildman–Crippen LogP) is 3.62. The van der Waals surface area contributed by atoms with Gasteiger partial charge in [0.05, 0.1) is 0 Å². The number of anilines is 1. The average Bonchev–Trinajstić information content (AvgIpc) is 2.49. The summed E-state index contributed by atoms with van der Waals surface area (Å²) in [6.07, 6.45) is 0. The monoisotopic (exact) mass is 395 g/mol. The maximum atomic E-state index is 12.3. The Morgan fingerprint density at radius 2 is 1.86 bits per heavy atom. The summed E-state index contributed by atoms with van der Waals surface area (Å²) in [6, 6.07) is 11.1. The zero-order valence-electron chi connectivity index (χ0n) is 11.5. The SMILES string of the molecule is Cc1cc(I)ccc1NC(=O)c1ccc2c(c1)OCCO2. The van der Waals surface area contributed by atoms with Crippen LogP contribution in [0.2, 0.25) is 0 Å². The minimum atomic E-state index is -0.156. The number of ether oxygens (including phenoxy) is 2. The highest BCUT2D eigenvalue weighted by Gasteiger charge is 2.15. The molecule has 0 atom stereocenters. The van der Waals surface area contributed by atoms with Gasteiger partial charge in [0, 0.05) is 14.8 Å². The molecule has 1 N–H and O–H groups in total. The Labute approximate surface area is 136 Å². The zero-order chi connectivity index (χ0) is 14.8. The maximum Gasteiger partial charge on any atom is 0.255 e. The molecule has 4 nitrogen and oxygen atoms in total. The number of rotatable bonds is 2. The lowest BCUT2D eigenvalue weighted by Gasteiger charge is -2.18. The first-order chi connectivity index (χ1) is 10.1. The first-order valence-corrected chi connectivity index (χ1v) is 7.68. The van der Waals surface area contributed by atoms with Gasteiger partial charge in [-0.15, -0.1) is 0 Å². The number of carbonyl (C=O) groups excluding carboxylic acids is 1. The number of fused-ring (bicyclic) bond motifs is 1. The molecule has 0 spiro atoms. The maximum absolute atomic E-state index is 12.3. The number of benzene rings is 2. The van der Waals surface area contributed by atoms with Crippen LogP contribution in [0.25, 0.3) is 0 Å². The molecule has 1 aliphatic heterocycles. The molecule has 1 aliphatic rings. The molecular weight excluding hydrogens is 381 g/mol. The van der Waals surface area contributed by atoms with Crippen LogP contribution in [-0.4, -0.2) is 19.1 Å². The second-order valence-electron chi connectivity index (χ2n) is 4.77. The number of amides is 1. The van der Waals surface area contributed by atoms with E-state index >= 15 is 0 Å². The van der Waals surface area contributed by atoms with Crippen molar-refractivity contribution in [2.75, 3.05) is 18.5 Å². The summed E-state index contributed by atoms with van der Waals surface area (Å²) >= 11 is 2.25. The van der Waals surface area contributed by atoms with Gasteiger partial charge in [-0.25, -0.2) is 0 Å². The third-order valence-corrected chi connectivity index (χ3v) is 3.91. The Bertz CT molecular complexity index is 700. The Hall–Kier alpha value is -1.76. The third-order valence-electron chi connectivity index (χ3n) is 3.24. The van der Waals surface area contributed by atoms with Crippen molar-refractivity contribution in [1.29, 1.82) is 0 Å². The number of carbonyl (C=O) groups is 1. The summed E-state index contributed by atoms with van der Waals surface area (Å²) in [6.45, 7) is 3.02. The van der Waals surface area contributed by atoms with Crippen molar-refractivity contribution in [3.63, 3.8) is 0 Å². The van der Waals surface area contributed by atoms with Crippen LogP contribution in [0, 0.1) is 10.5 Å². The lowest BCUT2D eigenvalue weighted by molar-refractivity contribution is 0.102. The highest BCUT2D eigenvalue weighted by molar-refractivity contribution is 14.1. The van der Waals surface area contributed by atoms with Crippen LogP contribution < -0.4 is 14.8 Å². The summed E-state index contributed by atoms with van der Waals surface area (Å²) in [5.74, 6) is 1.15. The summed E-state index contributed by atoms with van der Waals surface area (Å²) in [5.41, 5.74) is 2.40. The normalized spacial score (nSPS) is 12.9. The molecule has 3 rings (SSSR count). The lowest BCUT2D eigenvalue weighted by Crippen LogP contribution is -2.17. The van der Waals surface area contributed by atoms with Crippen LogP contribution in [0.4, 0.5) is 5.69 Å². The molecule has 108 valence electrons. The largest absolute Gasteiger partial charge is 0.486 e. The van der Waals surface area contributed by atoms with Crippen LogP contribution >= 0.6 is 22.6 Å². The number of hydrogen-bond acceptors (Lipinski definition) is 3. The van der Waals surface area contributed by atoms with Crippen molar-refractivity contribution >= 4 is 34.2 Å². The van der Waals surface area contributed by atoms with Crippen LogP contribution in [0.15, 0.2) is 36.4 Å². The van der Waals surface area contributed by atoms with E-state index in [-0.39, 0.29) is 5.91 Å². The molecule has 0 fully saturated rings. The second-order valence-corrected chi connectivity index (χ2v) is 6.02. The number of nitrogens with one attached hydrogen (secondary N) is 1. The molecule has 1 heterocycles. The van der Waals surface area contributed by atoms with Crippen molar-refractivity contribution in [2.24, 2.45) is 0 Å². The van der Waals surface area contributed by atoms with Gasteiger partial charge >= 0.3 is 0 Å². The van der Waals surface area contributed by atoms with E-state index in [4.69, 9.17) is 9.47 Å². The molecular formula is C16H14INO3. The van der Waals surface area contributed by atoms with Crippen molar-refractivity contribution in [3.05, 3.63) is 51.1 Å². The fraction of sp³-hybridized carbons (Fsp3) is 0.188. The fourth-order valence-corrected chi connectivity index (χ4v) is 2.79. The number of halogens is 1. The van der Waals surface area contributed by atoms with E-state index in [0.29, 0.717) is 30.3 Å². The lowest BCUT2D eigenvalue weighted by atomic mass is 10.1. The molecule has 0 unspecified atom stereocenters. The third kappa shape index (κ3) is 3.12. The van der Waals surface area contributed by atoms with Crippen LogP contribution in [-0.2, 0) is 0 Å². The predicted molar refractivity (Wildman–Crippen MR) is 89.3 cm³/mol. The molecule has 1 amide bonds. The Morgan fingerprint density at radius 3 is 2.62 bits per heavy atom. The highest BCUT2D eigenvalue weighted by Crippen LogP contribution is 2.31. The van der Waals surface area contributed by atoms with Crippen molar-refractivity contribution < 1.29 is 14.3 Å². The van der Waals surface area contributed by atoms with Gasteiger partial charge in [-0.2, -0.15) is 0 Å². The zero-order valence-corrected chi connectivity index (χ0v) is 13.6. The van der Waals surface area contributed by atoms with Gasteiger partial charge in [0.2, 0.25) is 0 Å². The topological polar surface area (TPSA) is 47.6 Å². The molecule has 5 heteroatoms. The van der Waals surface area contributed by atoms with E-state index < -0.39 is 0 Å². The van der Waals surface area contributed by atoms with E-state index in [1.165, 1.54) is 0 Å². The van der Waals surface area contributed by atoms with Crippen molar-refractivity contribution in [3.8, 4) is 11.5 Å². The van der Waals surface area contributed by atoms with E-state index in [0.717, 1.165) is 14.8 Å². The summed E-state index contributed by atoms with van der Waals surface area (Å²) in [5, 5.41) is 2.92. The molecule has 0 saturated carbocycles. The first kappa shape index (κ1) is 14.2. The van der Waals surface area contributed by atoms with Gasteiger partial charge in [-0.1, -0.05) is 0 Å². The molecule has 2 aromatic rings. The molecule has 0 radical (unpaired) electrons. The minimum absolute atomic E-state index is 0.156. The molecule has 0 aliphatic carbocycles. The minimum Gasteiger partial charge on any atom is -0.486 e. The van der Waals surface area contributed by atoms with Crippen molar-refractivity contribution in [1.82, 2.24) is 0 Å². The number of hydrogen-bond donors (Lipinski definition) is 1. The average molecular weight is 395 g/mol. The number of aryl methyl sites for hydroxylation is 1. The van der Waals surface area contributed by atoms with Gasteiger partial charge < -0.3 is 14.8 Å².